The molecule has 0 bridgehead atoms. The van der Waals surface area contributed by atoms with E-state index in [4.69, 9.17) is 0 Å². The number of carbonyl (C=O) groups excluding carboxylic acids is 1. The van der Waals surface area contributed by atoms with E-state index in [-0.39, 0.29) is 5.56 Å². The van der Waals surface area contributed by atoms with Gasteiger partial charge in [-0.3, -0.25) is 9.78 Å². The molecule has 6 heteroatoms. The van der Waals surface area contributed by atoms with Crippen LogP contribution in [-0.2, 0) is 0 Å². The lowest BCUT2D eigenvalue weighted by Crippen LogP contribution is -2.17. The number of carbonyl (C=O) groups is 1. The maximum absolute atomic E-state index is 13.4. The largest absolute Gasteiger partial charge is 0.369 e. The van der Waals surface area contributed by atoms with Crippen molar-refractivity contribution in [1.82, 2.24) is 9.97 Å². The van der Waals surface area contributed by atoms with Gasteiger partial charge >= 0.3 is 0 Å². The summed E-state index contributed by atoms with van der Waals surface area (Å²) in [5.41, 5.74) is 1.64. The molecular weight excluding hydrogens is 271 g/mol. The van der Waals surface area contributed by atoms with Gasteiger partial charge < -0.3 is 10.6 Å². The number of aromatic nitrogens is 2. The monoisotopic (exact) mass is 288 g/mol. The Labute approximate surface area is 122 Å². The molecule has 2 heterocycles. The Hall–Kier alpha value is -2.50. The Morgan fingerprint density at radius 2 is 2.19 bits per heavy atom. The van der Waals surface area contributed by atoms with E-state index in [1.807, 2.05) is 13.8 Å². The molecule has 21 heavy (non-hydrogen) atoms. The third kappa shape index (κ3) is 3.75. The van der Waals surface area contributed by atoms with Crippen LogP contribution in [0.5, 0.6) is 0 Å². The molecule has 0 unspecified atom stereocenters. The van der Waals surface area contributed by atoms with E-state index in [0.717, 1.165) is 18.2 Å². The van der Waals surface area contributed by atoms with E-state index < -0.39 is 11.7 Å². The molecule has 0 aliphatic rings. The molecule has 0 aliphatic heterocycles. The Kier molecular flexibility index (Phi) is 4.81. The highest BCUT2D eigenvalue weighted by atomic mass is 19.1. The van der Waals surface area contributed by atoms with Crippen LogP contribution in [0, 0.1) is 12.7 Å². The average Bonchev–Trinajstić information content (AvgIpc) is 2.48. The summed E-state index contributed by atoms with van der Waals surface area (Å²) in [6.07, 6.45) is 5.16. The van der Waals surface area contributed by atoms with Gasteiger partial charge in [-0.1, -0.05) is 6.92 Å². The lowest BCUT2D eigenvalue weighted by molar-refractivity contribution is 0.102. The van der Waals surface area contributed by atoms with E-state index >= 15 is 0 Å². The molecule has 0 saturated heterocycles. The van der Waals surface area contributed by atoms with Gasteiger partial charge in [-0.15, -0.1) is 0 Å². The molecular formula is C15H17FN4O. The number of anilines is 2. The summed E-state index contributed by atoms with van der Waals surface area (Å²) in [4.78, 5) is 20.2. The molecule has 0 radical (unpaired) electrons. The van der Waals surface area contributed by atoms with Crippen molar-refractivity contribution in [3.8, 4) is 0 Å². The second-order valence-corrected chi connectivity index (χ2v) is 4.62. The zero-order valence-corrected chi connectivity index (χ0v) is 12.0. The summed E-state index contributed by atoms with van der Waals surface area (Å²) in [5, 5.41) is 5.74. The predicted octanol–water partition coefficient (Wildman–Crippen LogP) is 3.00. The number of hydrogen-bond donors (Lipinski definition) is 2. The van der Waals surface area contributed by atoms with Crippen molar-refractivity contribution in [3.63, 3.8) is 0 Å². The van der Waals surface area contributed by atoms with Crippen molar-refractivity contribution in [3.05, 3.63) is 47.7 Å². The highest BCUT2D eigenvalue weighted by Crippen LogP contribution is 2.18. The normalized spacial score (nSPS) is 10.2. The lowest BCUT2D eigenvalue weighted by Gasteiger charge is -2.11. The SMILES string of the molecule is CCCNc1ncc(F)cc1C(=O)Nc1cnccc1C. The van der Waals surface area contributed by atoms with Crippen molar-refractivity contribution >= 4 is 17.4 Å². The zero-order chi connectivity index (χ0) is 15.2. The minimum absolute atomic E-state index is 0.173. The van der Waals surface area contributed by atoms with Gasteiger partial charge in [0.05, 0.1) is 23.6 Å². The third-order valence-corrected chi connectivity index (χ3v) is 2.93. The molecule has 2 rings (SSSR count). The lowest BCUT2D eigenvalue weighted by atomic mass is 10.2. The molecule has 0 aromatic carbocycles. The first kappa shape index (κ1) is 14.9. The van der Waals surface area contributed by atoms with Crippen LogP contribution in [0.4, 0.5) is 15.9 Å². The molecule has 2 N–H and O–H groups in total. The highest BCUT2D eigenvalue weighted by Gasteiger charge is 2.15. The maximum Gasteiger partial charge on any atom is 0.259 e. The Bertz CT molecular complexity index is 645. The van der Waals surface area contributed by atoms with Crippen LogP contribution in [0.3, 0.4) is 0 Å². The number of nitrogens with one attached hydrogen (secondary N) is 2. The van der Waals surface area contributed by atoms with Crippen molar-refractivity contribution < 1.29 is 9.18 Å². The molecule has 0 spiro atoms. The smallest absolute Gasteiger partial charge is 0.259 e. The first-order chi connectivity index (χ1) is 10.1. The number of halogens is 1. The fourth-order valence-electron chi connectivity index (χ4n) is 1.78. The zero-order valence-electron chi connectivity index (χ0n) is 12.0. The molecule has 0 fully saturated rings. The van der Waals surface area contributed by atoms with Crippen LogP contribution in [0.1, 0.15) is 29.3 Å². The molecule has 1 amide bonds. The molecule has 110 valence electrons. The summed E-state index contributed by atoms with van der Waals surface area (Å²) >= 11 is 0. The quantitative estimate of drug-likeness (QED) is 0.887. The van der Waals surface area contributed by atoms with Crippen LogP contribution in [0.25, 0.3) is 0 Å². The Morgan fingerprint density at radius 1 is 1.38 bits per heavy atom. The van der Waals surface area contributed by atoms with E-state index in [1.54, 1.807) is 18.5 Å². The number of rotatable bonds is 5. The Balaban J connectivity index is 2.25. The summed E-state index contributed by atoms with van der Waals surface area (Å²) in [5.74, 6) is -0.598. The second kappa shape index (κ2) is 6.78. The summed E-state index contributed by atoms with van der Waals surface area (Å²) in [6, 6.07) is 2.96. The van der Waals surface area contributed by atoms with E-state index in [9.17, 15) is 9.18 Å². The molecule has 0 aliphatic carbocycles. The first-order valence-electron chi connectivity index (χ1n) is 6.73. The van der Waals surface area contributed by atoms with E-state index in [2.05, 4.69) is 20.6 Å². The number of nitrogens with zero attached hydrogens (tertiary/aromatic N) is 2. The average molecular weight is 288 g/mol. The molecule has 5 nitrogen and oxygen atoms in total. The number of hydrogen-bond acceptors (Lipinski definition) is 4. The van der Waals surface area contributed by atoms with Gasteiger partial charge in [0.15, 0.2) is 0 Å². The van der Waals surface area contributed by atoms with Gasteiger partial charge in [-0.2, -0.15) is 0 Å². The van der Waals surface area contributed by atoms with Crippen molar-refractivity contribution in [2.75, 3.05) is 17.2 Å². The standard InChI is InChI=1S/C15H17FN4O/c1-3-5-18-14-12(7-11(16)8-19-14)15(21)20-13-9-17-6-4-10(13)2/h4,6-9H,3,5H2,1-2H3,(H,18,19)(H,20,21). The van der Waals surface area contributed by atoms with Crippen molar-refractivity contribution in [2.24, 2.45) is 0 Å². The van der Waals surface area contributed by atoms with E-state index in [0.29, 0.717) is 18.1 Å². The number of pyridine rings is 2. The molecule has 2 aromatic rings. The van der Waals surface area contributed by atoms with Gasteiger partial charge in [0.2, 0.25) is 0 Å². The molecule has 0 atom stereocenters. The van der Waals surface area contributed by atoms with Gasteiger partial charge in [-0.25, -0.2) is 9.37 Å². The molecule has 0 saturated carbocycles. The summed E-state index contributed by atoms with van der Waals surface area (Å²) in [7, 11) is 0. The van der Waals surface area contributed by atoms with E-state index in [1.165, 1.54) is 6.07 Å². The van der Waals surface area contributed by atoms with Gasteiger partial charge in [0, 0.05) is 12.7 Å². The van der Waals surface area contributed by atoms with Crippen molar-refractivity contribution in [1.29, 1.82) is 0 Å². The molecule has 2 aromatic heterocycles. The number of amides is 1. The summed E-state index contributed by atoms with van der Waals surface area (Å²) in [6.45, 7) is 4.51. The van der Waals surface area contributed by atoms with Crippen LogP contribution < -0.4 is 10.6 Å². The minimum Gasteiger partial charge on any atom is -0.369 e. The highest BCUT2D eigenvalue weighted by molar-refractivity contribution is 6.07. The fourth-order valence-corrected chi connectivity index (χ4v) is 1.78. The van der Waals surface area contributed by atoms with Crippen LogP contribution in [0.2, 0.25) is 0 Å². The van der Waals surface area contributed by atoms with Crippen LogP contribution in [-0.4, -0.2) is 22.4 Å². The third-order valence-electron chi connectivity index (χ3n) is 2.93. The summed E-state index contributed by atoms with van der Waals surface area (Å²) < 4.78 is 13.4. The van der Waals surface area contributed by atoms with Crippen molar-refractivity contribution in [2.45, 2.75) is 20.3 Å². The van der Waals surface area contributed by atoms with Gasteiger partial charge in [0.25, 0.3) is 5.91 Å². The first-order valence-corrected chi connectivity index (χ1v) is 6.73. The second-order valence-electron chi connectivity index (χ2n) is 4.62. The topological polar surface area (TPSA) is 66.9 Å². The van der Waals surface area contributed by atoms with Crippen LogP contribution >= 0.6 is 0 Å². The predicted molar refractivity (Wildman–Crippen MR) is 79.9 cm³/mol. The van der Waals surface area contributed by atoms with Crippen LogP contribution in [0.15, 0.2) is 30.7 Å². The maximum atomic E-state index is 13.4. The van der Waals surface area contributed by atoms with Gasteiger partial charge in [0.1, 0.15) is 11.6 Å². The minimum atomic E-state index is -0.551. The number of aryl methyl sites for hydroxylation is 1. The Morgan fingerprint density at radius 3 is 2.90 bits per heavy atom. The fraction of sp³-hybridized carbons (Fsp3) is 0.267. The van der Waals surface area contributed by atoms with Gasteiger partial charge in [-0.05, 0) is 31.0 Å².